The van der Waals surface area contributed by atoms with Crippen molar-refractivity contribution in [3.63, 3.8) is 0 Å². The van der Waals surface area contributed by atoms with Gasteiger partial charge in [-0.05, 0) is 59.2 Å². The van der Waals surface area contributed by atoms with Crippen LogP contribution in [0.25, 0.3) is 27.5 Å². The lowest BCUT2D eigenvalue weighted by molar-refractivity contribution is 0.0857. The second kappa shape index (κ2) is 10.5. The minimum Gasteiger partial charge on any atom is -0.505 e. The Balaban J connectivity index is 1.40. The van der Waals surface area contributed by atoms with E-state index in [4.69, 9.17) is 4.84 Å². The standard InChI is InChI=1S/C36H38N2O2/c1-5-6-7-12-24-17-19-25(20-18-24)34-23-30(37-40-34)29-21-26(36(2,3)4)22-33(35(29)39)38-31-15-10-8-13-27(31)28-14-9-11-16-32(28)38/h8-11,13-22,34,39H,5-7,12,23H2,1-4H3. The maximum atomic E-state index is 11.9. The van der Waals surface area contributed by atoms with E-state index in [0.29, 0.717) is 6.42 Å². The zero-order valence-electron chi connectivity index (χ0n) is 23.9. The lowest BCUT2D eigenvalue weighted by Crippen LogP contribution is -2.14. The molecule has 1 atom stereocenters. The molecule has 204 valence electrons. The molecule has 0 saturated carbocycles. The molecule has 0 saturated heterocycles. The van der Waals surface area contributed by atoms with E-state index in [-0.39, 0.29) is 17.3 Å². The Labute approximate surface area is 236 Å². The van der Waals surface area contributed by atoms with Crippen molar-refractivity contribution in [3.05, 3.63) is 107 Å². The van der Waals surface area contributed by atoms with Crippen LogP contribution in [-0.4, -0.2) is 15.4 Å². The molecule has 1 unspecified atom stereocenters. The molecule has 1 aliphatic heterocycles. The largest absolute Gasteiger partial charge is 0.505 e. The Hall–Kier alpha value is -4.05. The van der Waals surface area contributed by atoms with Gasteiger partial charge in [-0.25, -0.2) is 0 Å². The van der Waals surface area contributed by atoms with E-state index in [2.05, 4.69) is 122 Å². The molecule has 0 spiro atoms. The molecular formula is C36H38N2O2. The number of fused-ring (bicyclic) bond motifs is 3. The third kappa shape index (κ3) is 4.77. The molecule has 1 aromatic heterocycles. The average Bonchev–Trinajstić information content (AvgIpc) is 3.57. The number of para-hydroxylation sites is 2. The summed E-state index contributed by atoms with van der Waals surface area (Å²) < 4.78 is 2.18. The summed E-state index contributed by atoms with van der Waals surface area (Å²) in [7, 11) is 0. The first kappa shape index (κ1) is 26.2. The SMILES string of the molecule is CCCCCc1ccc(C2CC(c3cc(C(C)(C)C)cc(-n4c5ccccc5c5ccccc54)c3O)=NO2)cc1. The van der Waals surface area contributed by atoms with E-state index < -0.39 is 0 Å². The number of phenolic OH excluding ortho intramolecular Hbond substituents is 1. The summed E-state index contributed by atoms with van der Waals surface area (Å²) >= 11 is 0. The number of oxime groups is 1. The van der Waals surface area contributed by atoms with Crippen LogP contribution in [0.3, 0.4) is 0 Å². The number of hydrogen-bond donors (Lipinski definition) is 1. The number of aromatic hydroxyl groups is 1. The summed E-state index contributed by atoms with van der Waals surface area (Å²) in [5.41, 5.74) is 7.92. The van der Waals surface area contributed by atoms with Gasteiger partial charge in [-0.1, -0.05) is 106 Å². The molecular weight excluding hydrogens is 492 g/mol. The van der Waals surface area contributed by atoms with Gasteiger partial charge in [-0.2, -0.15) is 0 Å². The highest BCUT2D eigenvalue weighted by Crippen LogP contribution is 2.41. The number of rotatable bonds is 7. The minimum atomic E-state index is -0.158. The van der Waals surface area contributed by atoms with E-state index in [9.17, 15) is 5.11 Å². The van der Waals surface area contributed by atoms with E-state index in [1.807, 2.05) is 0 Å². The summed E-state index contributed by atoms with van der Waals surface area (Å²) in [6, 6.07) is 29.8. The second-order valence-electron chi connectivity index (χ2n) is 12.0. The smallest absolute Gasteiger partial charge is 0.158 e. The molecule has 0 radical (unpaired) electrons. The Morgan fingerprint density at radius 2 is 1.52 bits per heavy atom. The Bertz CT molecular complexity index is 1650. The fourth-order valence-electron chi connectivity index (χ4n) is 5.82. The Kier molecular flexibility index (Phi) is 6.87. The van der Waals surface area contributed by atoms with Gasteiger partial charge >= 0.3 is 0 Å². The first-order valence-electron chi connectivity index (χ1n) is 14.5. The van der Waals surface area contributed by atoms with Gasteiger partial charge in [0.15, 0.2) is 6.10 Å². The minimum absolute atomic E-state index is 0.122. The first-order chi connectivity index (χ1) is 19.3. The molecule has 4 heteroatoms. The lowest BCUT2D eigenvalue weighted by Gasteiger charge is -2.23. The molecule has 0 bridgehead atoms. The highest BCUT2D eigenvalue weighted by Gasteiger charge is 2.29. The highest BCUT2D eigenvalue weighted by atomic mass is 16.6. The topological polar surface area (TPSA) is 46.8 Å². The van der Waals surface area contributed by atoms with Gasteiger partial charge in [0.25, 0.3) is 0 Å². The molecule has 5 aromatic rings. The predicted molar refractivity (Wildman–Crippen MR) is 166 cm³/mol. The van der Waals surface area contributed by atoms with Crippen LogP contribution in [0.15, 0.2) is 90.1 Å². The third-order valence-electron chi connectivity index (χ3n) is 8.18. The van der Waals surface area contributed by atoms with Gasteiger partial charge in [-0.15, -0.1) is 0 Å². The van der Waals surface area contributed by atoms with Crippen molar-refractivity contribution < 1.29 is 9.94 Å². The molecule has 6 rings (SSSR count). The quantitative estimate of drug-likeness (QED) is 0.213. The zero-order valence-corrected chi connectivity index (χ0v) is 23.9. The molecule has 0 fully saturated rings. The number of hydrogen-bond acceptors (Lipinski definition) is 3. The Morgan fingerprint density at radius 1 is 0.875 bits per heavy atom. The van der Waals surface area contributed by atoms with Crippen molar-refractivity contribution in [2.75, 3.05) is 0 Å². The molecule has 4 nitrogen and oxygen atoms in total. The van der Waals surface area contributed by atoms with Gasteiger partial charge in [0.2, 0.25) is 0 Å². The number of nitrogens with zero attached hydrogens (tertiary/aromatic N) is 2. The molecule has 1 N–H and O–H groups in total. The van der Waals surface area contributed by atoms with Crippen molar-refractivity contribution in [1.82, 2.24) is 4.57 Å². The van der Waals surface area contributed by atoms with E-state index in [1.165, 1.54) is 35.6 Å². The van der Waals surface area contributed by atoms with E-state index in [0.717, 1.165) is 45.5 Å². The summed E-state index contributed by atoms with van der Waals surface area (Å²) in [5, 5.41) is 18.7. The van der Waals surface area contributed by atoms with Crippen molar-refractivity contribution in [3.8, 4) is 11.4 Å². The van der Waals surface area contributed by atoms with Gasteiger partial charge in [0.05, 0.1) is 22.4 Å². The molecule has 2 heterocycles. The molecule has 0 amide bonds. The van der Waals surface area contributed by atoms with Crippen LogP contribution in [0.2, 0.25) is 0 Å². The van der Waals surface area contributed by atoms with Gasteiger partial charge in [0.1, 0.15) is 5.75 Å². The fourth-order valence-corrected chi connectivity index (χ4v) is 5.82. The number of aryl methyl sites for hydroxylation is 1. The third-order valence-corrected chi connectivity index (χ3v) is 8.18. The van der Waals surface area contributed by atoms with E-state index >= 15 is 0 Å². The Morgan fingerprint density at radius 3 is 2.15 bits per heavy atom. The summed E-state index contributed by atoms with van der Waals surface area (Å²) in [6.45, 7) is 8.85. The van der Waals surface area contributed by atoms with Crippen molar-refractivity contribution in [1.29, 1.82) is 0 Å². The molecule has 40 heavy (non-hydrogen) atoms. The van der Waals surface area contributed by atoms with Gasteiger partial charge in [-0.3, -0.25) is 0 Å². The van der Waals surface area contributed by atoms with Crippen LogP contribution in [-0.2, 0) is 16.7 Å². The summed E-state index contributed by atoms with van der Waals surface area (Å²) in [5.74, 6) is 0.230. The van der Waals surface area contributed by atoms with Crippen LogP contribution >= 0.6 is 0 Å². The normalized spacial score (nSPS) is 15.5. The van der Waals surface area contributed by atoms with Crippen LogP contribution in [0.5, 0.6) is 5.75 Å². The average molecular weight is 531 g/mol. The lowest BCUT2D eigenvalue weighted by atomic mass is 9.84. The number of aromatic nitrogens is 1. The van der Waals surface area contributed by atoms with Crippen LogP contribution < -0.4 is 0 Å². The summed E-state index contributed by atoms with van der Waals surface area (Å²) in [6.07, 6.45) is 5.28. The van der Waals surface area contributed by atoms with Crippen molar-refractivity contribution >= 4 is 27.5 Å². The van der Waals surface area contributed by atoms with Crippen LogP contribution in [0.1, 0.15) is 81.7 Å². The number of benzene rings is 4. The maximum absolute atomic E-state index is 11.9. The second-order valence-corrected chi connectivity index (χ2v) is 12.0. The van der Waals surface area contributed by atoms with Crippen molar-refractivity contribution in [2.45, 2.75) is 71.3 Å². The molecule has 0 aliphatic carbocycles. The monoisotopic (exact) mass is 530 g/mol. The number of phenols is 1. The summed E-state index contributed by atoms with van der Waals surface area (Å²) in [4.78, 5) is 5.97. The predicted octanol–water partition coefficient (Wildman–Crippen LogP) is 9.39. The maximum Gasteiger partial charge on any atom is 0.158 e. The number of unbranched alkanes of at least 4 members (excludes halogenated alkanes) is 2. The van der Waals surface area contributed by atoms with Crippen molar-refractivity contribution in [2.24, 2.45) is 5.16 Å². The molecule has 1 aliphatic rings. The zero-order chi connectivity index (χ0) is 27.9. The first-order valence-corrected chi connectivity index (χ1v) is 14.5. The highest BCUT2D eigenvalue weighted by molar-refractivity contribution is 6.10. The van der Waals surface area contributed by atoms with Crippen LogP contribution in [0.4, 0.5) is 0 Å². The van der Waals surface area contributed by atoms with Gasteiger partial charge in [0, 0.05) is 22.8 Å². The van der Waals surface area contributed by atoms with E-state index in [1.54, 1.807) is 0 Å². The molecule has 4 aromatic carbocycles. The fraction of sp³-hybridized carbons (Fsp3) is 0.306. The van der Waals surface area contributed by atoms with Gasteiger partial charge < -0.3 is 14.5 Å². The van der Waals surface area contributed by atoms with Crippen LogP contribution in [0, 0.1) is 0 Å².